The molecule has 3 rings (SSSR count). The molecule has 0 unspecified atom stereocenters. The van der Waals surface area contributed by atoms with Crippen molar-refractivity contribution in [2.75, 3.05) is 13.2 Å². The molecule has 1 aromatic heterocycles. The Kier molecular flexibility index (Phi) is 5.94. The maximum Gasteiger partial charge on any atom is 0.259 e. The minimum Gasteiger partial charge on any atom is -0.477 e. The van der Waals surface area contributed by atoms with Crippen LogP contribution in [0.3, 0.4) is 0 Å². The van der Waals surface area contributed by atoms with Crippen molar-refractivity contribution in [1.29, 1.82) is 0 Å². The highest BCUT2D eigenvalue weighted by Gasteiger charge is 2.39. The summed E-state index contributed by atoms with van der Waals surface area (Å²) in [6.45, 7) is 5.45. The molecule has 1 aliphatic heterocycles. The van der Waals surface area contributed by atoms with Crippen LogP contribution in [0.5, 0.6) is 5.88 Å². The van der Waals surface area contributed by atoms with Gasteiger partial charge in [-0.15, -0.1) is 0 Å². The van der Waals surface area contributed by atoms with E-state index in [1.807, 2.05) is 4.90 Å². The van der Waals surface area contributed by atoms with Crippen LogP contribution in [0.15, 0.2) is 18.3 Å². The molecule has 1 saturated carbocycles. The highest BCUT2D eigenvalue weighted by molar-refractivity contribution is 5.96. The number of nitrogens with zero attached hydrogens (tertiary/aromatic N) is 2. The SMILES string of the molecule is CC(C)COc1ncccc1C(=O)N1CCC[C@@H]1[C@@H]1CCCC[C@@H]1O. The number of hydrogen-bond acceptors (Lipinski definition) is 4. The van der Waals surface area contributed by atoms with Gasteiger partial charge in [0.2, 0.25) is 5.88 Å². The molecule has 3 atom stereocenters. The number of likely N-dealkylation sites (tertiary alicyclic amines) is 1. The molecule has 2 fully saturated rings. The molecule has 5 heteroatoms. The summed E-state index contributed by atoms with van der Waals surface area (Å²) >= 11 is 0. The lowest BCUT2D eigenvalue weighted by Crippen LogP contribution is -2.45. The van der Waals surface area contributed by atoms with Gasteiger partial charge in [0.25, 0.3) is 5.91 Å². The van der Waals surface area contributed by atoms with Crippen molar-refractivity contribution in [1.82, 2.24) is 9.88 Å². The molecule has 1 amide bonds. The number of aliphatic hydroxyl groups excluding tert-OH is 1. The van der Waals surface area contributed by atoms with Crippen LogP contribution in [0.1, 0.15) is 62.7 Å². The second-order valence-corrected chi connectivity index (χ2v) is 7.78. The molecule has 138 valence electrons. The number of aromatic nitrogens is 1. The van der Waals surface area contributed by atoms with Gasteiger partial charge in [-0.1, -0.05) is 26.7 Å². The van der Waals surface area contributed by atoms with Crippen LogP contribution < -0.4 is 4.74 Å². The highest BCUT2D eigenvalue weighted by Crippen LogP contribution is 2.36. The maximum atomic E-state index is 13.2. The van der Waals surface area contributed by atoms with E-state index in [1.165, 1.54) is 0 Å². The monoisotopic (exact) mass is 346 g/mol. The fourth-order valence-electron chi connectivity index (χ4n) is 4.15. The Balaban J connectivity index is 1.77. The molecule has 0 aromatic carbocycles. The third-order valence-corrected chi connectivity index (χ3v) is 5.39. The molecular formula is C20H30N2O3. The molecule has 2 aliphatic rings. The third kappa shape index (κ3) is 4.14. The zero-order chi connectivity index (χ0) is 17.8. The minimum atomic E-state index is -0.280. The first kappa shape index (κ1) is 18.2. The van der Waals surface area contributed by atoms with Crippen molar-refractivity contribution >= 4 is 5.91 Å². The lowest BCUT2D eigenvalue weighted by Gasteiger charge is -2.37. The van der Waals surface area contributed by atoms with Crippen molar-refractivity contribution in [3.05, 3.63) is 23.9 Å². The van der Waals surface area contributed by atoms with E-state index in [-0.39, 0.29) is 24.0 Å². The Morgan fingerprint density at radius 2 is 2.12 bits per heavy atom. The highest BCUT2D eigenvalue weighted by atomic mass is 16.5. The van der Waals surface area contributed by atoms with Gasteiger partial charge in [0.15, 0.2) is 0 Å². The van der Waals surface area contributed by atoms with Gasteiger partial charge in [-0.2, -0.15) is 0 Å². The number of carbonyl (C=O) groups excluding carboxylic acids is 1. The largest absolute Gasteiger partial charge is 0.477 e. The summed E-state index contributed by atoms with van der Waals surface area (Å²) < 4.78 is 5.77. The number of rotatable bonds is 5. The molecular weight excluding hydrogens is 316 g/mol. The number of aliphatic hydroxyl groups is 1. The summed E-state index contributed by atoms with van der Waals surface area (Å²) in [5, 5.41) is 10.4. The number of carbonyl (C=O) groups is 1. The van der Waals surface area contributed by atoms with E-state index < -0.39 is 0 Å². The standard InChI is InChI=1S/C20H30N2O3/c1-14(2)13-25-19-16(8-5-11-21-19)20(24)22-12-6-9-17(22)15-7-3-4-10-18(15)23/h5,8,11,14-15,17-18,23H,3-4,6-7,9-10,12-13H2,1-2H3/t15-,17+,18-/m0/s1. The van der Waals surface area contributed by atoms with Crippen molar-refractivity contribution in [3.63, 3.8) is 0 Å². The van der Waals surface area contributed by atoms with Crippen LogP contribution in [0.2, 0.25) is 0 Å². The fourth-order valence-corrected chi connectivity index (χ4v) is 4.15. The van der Waals surface area contributed by atoms with Crippen LogP contribution in [-0.4, -0.2) is 46.2 Å². The molecule has 0 bridgehead atoms. The molecule has 1 aliphatic carbocycles. The fraction of sp³-hybridized carbons (Fsp3) is 0.700. The van der Waals surface area contributed by atoms with Gasteiger partial charge in [-0.05, 0) is 43.7 Å². The average molecular weight is 346 g/mol. The maximum absolute atomic E-state index is 13.2. The van der Waals surface area contributed by atoms with Crippen LogP contribution in [0.25, 0.3) is 0 Å². The van der Waals surface area contributed by atoms with Gasteiger partial charge in [0.1, 0.15) is 5.56 Å². The second kappa shape index (κ2) is 8.17. The van der Waals surface area contributed by atoms with E-state index in [4.69, 9.17) is 4.74 Å². The minimum absolute atomic E-state index is 0.00729. The predicted octanol–water partition coefficient (Wildman–Crippen LogP) is 3.27. The zero-order valence-corrected chi connectivity index (χ0v) is 15.4. The van der Waals surface area contributed by atoms with Crippen LogP contribution in [0.4, 0.5) is 0 Å². The average Bonchev–Trinajstić information content (AvgIpc) is 3.09. The number of pyridine rings is 1. The van der Waals surface area contributed by atoms with E-state index in [1.54, 1.807) is 18.3 Å². The van der Waals surface area contributed by atoms with Gasteiger partial charge in [-0.3, -0.25) is 4.79 Å². The predicted molar refractivity (Wildman–Crippen MR) is 96.6 cm³/mol. The molecule has 1 saturated heterocycles. The van der Waals surface area contributed by atoms with E-state index in [2.05, 4.69) is 18.8 Å². The summed E-state index contributed by atoms with van der Waals surface area (Å²) in [6, 6.07) is 3.73. The van der Waals surface area contributed by atoms with Crippen LogP contribution in [-0.2, 0) is 0 Å². The molecule has 1 aromatic rings. The van der Waals surface area contributed by atoms with E-state index in [0.29, 0.717) is 24.0 Å². The van der Waals surface area contributed by atoms with Crippen molar-refractivity contribution in [2.24, 2.45) is 11.8 Å². The number of ether oxygens (including phenoxy) is 1. The van der Waals surface area contributed by atoms with Gasteiger partial charge >= 0.3 is 0 Å². The summed E-state index contributed by atoms with van der Waals surface area (Å²) in [4.78, 5) is 19.4. The topological polar surface area (TPSA) is 62.7 Å². The van der Waals surface area contributed by atoms with Crippen LogP contribution >= 0.6 is 0 Å². The Labute approximate surface area is 150 Å². The first-order chi connectivity index (χ1) is 12.1. The molecule has 2 heterocycles. The van der Waals surface area contributed by atoms with E-state index in [9.17, 15) is 9.90 Å². The molecule has 25 heavy (non-hydrogen) atoms. The lowest BCUT2D eigenvalue weighted by molar-refractivity contribution is 0.0210. The Bertz CT molecular complexity index is 590. The molecule has 1 N–H and O–H groups in total. The summed E-state index contributed by atoms with van der Waals surface area (Å²) in [5.41, 5.74) is 0.542. The summed E-state index contributed by atoms with van der Waals surface area (Å²) in [6.07, 6.45) is 7.48. The summed E-state index contributed by atoms with van der Waals surface area (Å²) in [5.74, 6) is 1.00. The quantitative estimate of drug-likeness (QED) is 0.889. The Morgan fingerprint density at radius 3 is 2.88 bits per heavy atom. The van der Waals surface area contributed by atoms with E-state index >= 15 is 0 Å². The third-order valence-electron chi connectivity index (χ3n) is 5.39. The molecule has 0 radical (unpaired) electrons. The van der Waals surface area contributed by atoms with Crippen molar-refractivity contribution in [3.8, 4) is 5.88 Å². The molecule has 0 spiro atoms. The van der Waals surface area contributed by atoms with Gasteiger partial charge in [-0.25, -0.2) is 4.98 Å². The number of hydrogen-bond donors (Lipinski definition) is 1. The Morgan fingerprint density at radius 1 is 1.32 bits per heavy atom. The normalized spacial score (nSPS) is 26.9. The Hall–Kier alpha value is -1.62. The zero-order valence-electron chi connectivity index (χ0n) is 15.4. The molecule has 5 nitrogen and oxygen atoms in total. The number of amides is 1. The smallest absolute Gasteiger partial charge is 0.259 e. The summed E-state index contributed by atoms with van der Waals surface area (Å²) in [7, 11) is 0. The van der Waals surface area contributed by atoms with Gasteiger partial charge in [0, 0.05) is 24.7 Å². The van der Waals surface area contributed by atoms with Gasteiger partial charge < -0.3 is 14.7 Å². The lowest BCUT2D eigenvalue weighted by atomic mass is 9.80. The van der Waals surface area contributed by atoms with Gasteiger partial charge in [0.05, 0.1) is 12.7 Å². The van der Waals surface area contributed by atoms with Crippen molar-refractivity contribution in [2.45, 2.75) is 64.5 Å². The van der Waals surface area contributed by atoms with Crippen molar-refractivity contribution < 1.29 is 14.6 Å². The van der Waals surface area contributed by atoms with Crippen LogP contribution in [0, 0.1) is 11.8 Å². The first-order valence-electron chi connectivity index (χ1n) is 9.64. The first-order valence-corrected chi connectivity index (χ1v) is 9.64. The second-order valence-electron chi connectivity index (χ2n) is 7.78. The van der Waals surface area contributed by atoms with E-state index in [0.717, 1.165) is 45.1 Å².